The number of halogens is 2. The monoisotopic (exact) mass is 323 g/mol. The normalized spacial score (nSPS) is 36.6. The molecular weight excluding hydrogens is 297 g/mol. The Kier molecular flexibility index (Phi) is 7.06. The van der Waals surface area contributed by atoms with Gasteiger partial charge in [-0.15, -0.1) is 24.8 Å². The van der Waals surface area contributed by atoms with E-state index in [4.69, 9.17) is 0 Å². The molecule has 118 valence electrons. The van der Waals surface area contributed by atoms with E-state index in [1.54, 1.807) is 0 Å². The van der Waals surface area contributed by atoms with Crippen LogP contribution in [0.1, 0.15) is 44.9 Å². The summed E-state index contributed by atoms with van der Waals surface area (Å²) in [6, 6.07) is 1.87. The maximum Gasteiger partial charge on any atom is 0.237 e. The van der Waals surface area contributed by atoms with Crippen LogP contribution in [0.15, 0.2) is 0 Å². The number of carbonyl (C=O) groups is 1. The molecule has 0 aromatic heterocycles. The van der Waals surface area contributed by atoms with Gasteiger partial charge in [0.05, 0.1) is 6.04 Å². The van der Waals surface area contributed by atoms with Crippen LogP contribution in [0.2, 0.25) is 0 Å². The lowest BCUT2D eigenvalue weighted by Gasteiger charge is -2.47. The fourth-order valence-corrected chi connectivity index (χ4v) is 3.94. The summed E-state index contributed by atoms with van der Waals surface area (Å²) in [7, 11) is 2.26. The number of nitrogens with one attached hydrogen (secondary N) is 2. The van der Waals surface area contributed by atoms with Gasteiger partial charge in [-0.3, -0.25) is 4.79 Å². The van der Waals surface area contributed by atoms with Gasteiger partial charge in [0.15, 0.2) is 0 Å². The van der Waals surface area contributed by atoms with E-state index in [1.165, 1.54) is 19.3 Å². The Balaban J connectivity index is 0.000001000. The first-order chi connectivity index (χ1) is 8.74. The van der Waals surface area contributed by atoms with Gasteiger partial charge < -0.3 is 15.5 Å². The number of fused-ring (bicyclic) bond motifs is 2. The van der Waals surface area contributed by atoms with Crippen molar-refractivity contribution in [2.45, 2.75) is 69.1 Å². The zero-order valence-electron chi connectivity index (χ0n) is 12.1. The number of carbonyl (C=O) groups excluding carboxylic acids is 1. The van der Waals surface area contributed by atoms with Crippen molar-refractivity contribution in [3.63, 3.8) is 0 Å². The van der Waals surface area contributed by atoms with Crippen molar-refractivity contribution >= 4 is 30.7 Å². The van der Waals surface area contributed by atoms with Gasteiger partial charge in [0.1, 0.15) is 0 Å². The quantitative estimate of drug-likeness (QED) is 0.813. The molecule has 1 amide bonds. The Bertz CT molecular complexity index is 310. The van der Waals surface area contributed by atoms with Crippen molar-refractivity contribution < 1.29 is 4.79 Å². The highest BCUT2D eigenvalue weighted by molar-refractivity contribution is 5.85. The molecule has 0 radical (unpaired) electrons. The SMILES string of the molecule is CN1C2CCCC1CC(NC(=O)C1CCCN1)C2.Cl.Cl. The average molecular weight is 324 g/mol. The number of amides is 1. The molecule has 3 unspecified atom stereocenters. The third-order valence-electron chi connectivity index (χ3n) is 5.06. The molecule has 0 aromatic carbocycles. The van der Waals surface area contributed by atoms with E-state index in [1.807, 2.05) is 0 Å². The van der Waals surface area contributed by atoms with Gasteiger partial charge in [-0.1, -0.05) is 6.42 Å². The maximum absolute atomic E-state index is 12.1. The van der Waals surface area contributed by atoms with E-state index < -0.39 is 0 Å². The first-order valence-corrected chi connectivity index (χ1v) is 7.50. The highest BCUT2D eigenvalue weighted by Crippen LogP contribution is 2.32. The molecule has 0 aromatic rings. The van der Waals surface area contributed by atoms with Crippen LogP contribution in [-0.2, 0) is 4.79 Å². The summed E-state index contributed by atoms with van der Waals surface area (Å²) < 4.78 is 0. The molecule has 4 nitrogen and oxygen atoms in total. The number of piperidine rings is 2. The standard InChI is InChI=1S/C14H25N3O.2ClH/c1-17-11-4-2-5-12(17)9-10(8-11)16-14(18)13-6-3-7-15-13;;/h10-13,15H,2-9H2,1H3,(H,16,18);2*1H. The van der Waals surface area contributed by atoms with Crippen LogP contribution in [0.25, 0.3) is 0 Å². The molecule has 3 saturated heterocycles. The molecule has 2 N–H and O–H groups in total. The van der Waals surface area contributed by atoms with E-state index >= 15 is 0 Å². The molecule has 0 aliphatic carbocycles. The van der Waals surface area contributed by atoms with Gasteiger partial charge in [-0.2, -0.15) is 0 Å². The van der Waals surface area contributed by atoms with Crippen LogP contribution in [0.3, 0.4) is 0 Å². The van der Waals surface area contributed by atoms with Crippen molar-refractivity contribution in [3.8, 4) is 0 Å². The van der Waals surface area contributed by atoms with E-state index in [0.717, 1.165) is 32.2 Å². The Morgan fingerprint density at radius 2 is 1.75 bits per heavy atom. The summed E-state index contributed by atoms with van der Waals surface area (Å²) >= 11 is 0. The second kappa shape index (κ2) is 7.83. The highest BCUT2D eigenvalue weighted by atomic mass is 35.5. The average Bonchev–Trinajstić information content (AvgIpc) is 2.84. The van der Waals surface area contributed by atoms with E-state index in [2.05, 4.69) is 22.6 Å². The molecule has 3 atom stereocenters. The predicted molar refractivity (Wildman–Crippen MR) is 85.9 cm³/mol. The molecule has 20 heavy (non-hydrogen) atoms. The van der Waals surface area contributed by atoms with Crippen LogP contribution in [-0.4, -0.2) is 48.6 Å². The number of rotatable bonds is 2. The zero-order valence-corrected chi connectivity index (χ0v) is 13.8. The Labute approximate surface area is 134 Å². The lowest BCUT2D eigenvalue weighted by atomic mass is 9.82. The fourth-order valence-electron chi connectivity index (χ4n) is 3.94. The van der Waals surface area contributed by atoms with E-state index in [0.29, 0.717) is 18.1 Å². The minimum Gasteiger partial charge on any atom is -0.352 e. The van der Waals surface area contributed by atoms with Gasteiger partial charge in [0, 0.05) is 18.1 Å². The van der Waals surface area contributed by atoms with Gasteiger partial charge in [-0.25, -0.2) is 0 Å². The number of hydrogen-bond donors (Lipinski definition) is 2. The molecule has 3 heterocycles. The lowest BCUT2D eigenvalue weighted by Crippen LogP contribution is -2.56. The van der Waals surface area contributed by atoms with Gasteiger partial charge in [0.2, 0.25) is 5.91 Å². The van der Waals surface area contributed by atoms with Crippen molar-refractivity contribution in [2.24, 2.45) is 0 Å². The molecule has 0 spiro atoms. The summed E-state index contributed by atoms with van der Waals surface area (Å²) in [5.74, 6) is 0.236. The Morgan fingerprint density at radius 1 is 1.10 bits per heavy atom. The molecule has 6 heteroatoms. The summed E-state index contributed by atoms with van der Waals surface area (Å²) in [6.45, 7) is 0.997. The van der Waals surface area contributed by atoms with Crippen LogP contribution in [0, 0.1) is 0 Å². The summed E-state index contributed by atoms with van der Waals surface area (Å²) in [4.78, 5) is 14.7. The molecule has 3 rings (SSSR count). The van der Waals surface area contributed by atoms with Crippen molar-refractivity contribution in [2.75, 3.05) is 13.6 Å². The van der Waals surface area contributed by atoms with Gasteiger partial charge in [0.25, 0.3) is 0 Å². The maximum atomic E-state index is 12.1. The molecular formula is C14H27Cl2N3O. The molecule has 3 aliphatic heterocycles. The van der Waals surface area contributed by atoms with Gasteiger partial charge in [-0.05, 0) is 52.1 Å². The summed E-state index contributed by atoms with van der Waals surface area (Å²) in [6.07, 6.45) is 8.41. The number of nitrogens with zero attached hydrogens (tertiary/aromatic N) is 1. The minimum atomic E-state index is 0. The molecule has 2 bridgehead atoms. The van der Waals surface area contributed by atoms with E-state index in [-0.39, 0.29) is 36.8 Å². The Hall–Kier alpha value is -0.0300. The third kappa shape index (κ3) is 3.79. The van der Waals surface area contributed by atoms with Crippen molar-refractivity contribution in [1.82, 2.24) is 15.5 Å². The van der Waals surface area contributed by atoms with Gasteiger partial charge >= 0.3 is 0 Å². The molecule has 0 saturated carbocycles. The van der Waals surface area contributed by atoms with Crippen LogP contribution >= 0.6 is 24.8 Å². The number of hydrogen-bond acceptors (Lipinski definition) is 3. The predicted octanol–water partition coefficient (Wildman–Crippen LogP) is 1.71. The Morgan fingerprint density at radius 3 is 2.30 bits per heavy atom. The molecule has 3 fully saturated rings. The largest absolute Gasteiger partial charge is 0.352 e. The zero-order chi connectivity index (χ0) is 12.5. The molecule has 3 aliphatic rings. The second-order valence-corrected chi connectivity index (χ2v) is 6.23. The van der Waals surface area contributed by atoms with Crippen LogP contribution in [0.5, 0.6) is 0 Å². The minimum absolute atomic E-state index is 0. The van der Waals surface area contributed by atoms with Crippen molar-refractivity contribution in [1.29, 1.82) is 0 Å². The summed E-state index contributed by atoms with van der Waals surface area (Å²) in [5.41, 5.74) is 0. The first kappa shape index (κ1) is 18.0. The van der Waals surface area contributed by atoms with E-state index in [9.17, 15) is 4.79 Å². The third-order valence-corrected chi connectivity index (χ3v) is 5.06. The first-order valence-electron chi connectivity index (χ1n) is 7.50. The second-order valence-electron chi connectivity index (χ2n) is 6.23. The topological polar surface area (TPSA) is 44.4 Å². The highest BCUT2D eigenvalue weighted by Gasteiger charge is 2.37. The van der Waals surface area contributed by atoms with Crippen LogP contribution in [0.4, 0.5) is 0 Å². The fraction of sp³-hybridized carbons (Fsp3) is 0.929. The smallest absolute Gasteiger partial charge is 0.237 e. The summed E-state index contributed by atoms with van der Waals surface area (Å²) in [5, 5.41) is 6.56. The van der Waals surface area contributed by atoms with Crippen LogP contribution < -0.4 is 10.6 Å². The lowest BCUT2D eigenvalue weighted by molar-refractivity contribution is -0.124. The van der Waals surface area contributed by atoms with Crippen molar-refractivity contribution in [3.05, 3.63) is 0 Å².